The van der Waals surface area contributed by atoms with Crippen molar-refractivity contribution in [2.75, 3.05) is 13.7 Å². The lowest BCUT2D eigenvalue weighted by molar-refractivity contribution is -0.0612. The first-order valence-electron chi connectivity index (χ1n) is 6.52. The van der Waals surface area contributed by atoms with Gasteiger partial charge in [0.05, 0.1) is 17.8 Å². The Hall–Kier alpha value is 0.137. The molecule has 98 valence electrons. The summed E-state index contributed by atoms with van der Waals surface area (Å²) in [7, 11) is 1.99. The quantitative estimate of drug-likeness (QED) is 0.460. The highest BCUT2D eigenvalue weighted by atomic mass is 28.2. The first-order chi connectivity index (χ1) is 7.33. The minimum absolute atomic E-state index is 0.0351. The van der Waals surface area contributed by atoms with Gasteiger partial charge in [-0.15, -0.1) is 0 Å². The Bertz CT molecular complexity index is 179. The van der Waals surface area contributed by atoms with Gasteiger partial charge in [-0.05, 0) is 40.5 Å². The number of rotatable bonds is 9. The van der Waals surface area contributed by atoms with E-state index in [0.717, 1.165) is 13.0 Å². The van der Waals surface area contributed by atoms with Crippen molar-refractivity contribution in [1.82, 2.24) is 0 Å². The van der Waals surface area contributed by atoms with Crippen molar-refractivity contribution in [2.24, 2.45) is 0 Å². The van der Waals surface area contributed by atoms with Crippen LogP contribution in [0.1, 0.15) is 47.0 Å². The van der Waals surface area contributed by atoms with E-state index in [9.17, 15) is 0 Å². The molecule has 0 N–H and O–H groups in total. The van der Waals surface area contributed by atoms with Crippen LogP contribution in [-0.4, -0.2) is 34.4 Å². The van der Waals surface area contributed by atoms with Gasteiger partial charge < -0.3 is 9.47 Å². The minimum Gasteiger partial charge on any atom is -0.379 e. The molecule has 0 aromatic rings. The van der Waals surface area contributed by atoms with Gasteiger partial charge in [0, 0.05) is 16.6 Å². The molecule has 0 aliphatic rings. The molecule has 0 saturated heterocycles. The third-order valence-electron chi connectivity index (χ3n) is 3.13. The van der Waals surface area contributed by atoms with Crippen molar-refractivity contribution in [3.05, 3.63) is 0 Å². The van der Waals surface area contributed by atoms with Crippen molar-refractivity contribution in [2.45, 2.75) is 70.8 Å². The van der Waals surface area contributed by atoms with Gasteiger partial charge in [0.2, 0.25) is 0 Å². The molecule has 0 saturated carbocycles. The molecule has 0 aliphatic heterocycles. The average Bonchev–Trinajstić information content (AvgIpc) is 2.17. The van der Waals surface area contributed by atoms with Gasteiger partial charge in [-0.3, -0.25) is 0 Å². The van der Waals surface area contributed by atoms with Crippen molar-refractivity contribution >= 4 is 9.52 Å². The van der Waals surface area contributed by atoms with Crippen LogP contribution in [0.4, 0.5) is 0 Å². The fraction of sp³-hybridized carbons (Fsp3) is 1.00. The summed E-state index contributed by atoms with van der Waals surface area (Å²) >= 11 is 0. The van der Waals surface area contributed by atoms with E-state index < -0.39 is 0 Å². The average molecular weight is 246 g/mol. The molecular weight excluding hydrogens is 216 g/mol. The summed E-state index contributed by atoms with van der Waals surface area (Å²) in [6.45, 7) is 11.8. The highest BCUT2D eigenvalue weighted by molar-refractivity contribution is 6.33. The number of hydrogen-bond donors (Lipinski definition) is 0. The smallest absolute Gasteiger partial charge is 0.0644 e. The van der Waals surface area contributed by atoms with Crippen LogP contribution in [0.5, 0.6) is 0 Å². The van der Waals surface area contributed by atoms with Crippen molar-refractivity contribution < 1.29 is 9.47 Å². The van der Waals surface area contributed by atoms with Crippen molar-refractivity contribution in [3.8, 4) is 0 Å². The molecule has 0 heterocycles. The fourth-order valence-electron chi connectivity index (χ4n) is 1.55. The zero-order valence-corrected chi connectivity index (χ0v) is 13.5. The first kappa shape index (κ1) is 16.1. The molecule has 0 aromatic heterocycles. The molecular formula is C13H30O2Si. The third-order valence-corrected chi connectivity index (χ3v) is 4.34. The molecule has 0 atom stereocenters. The summed E-state index contributed by atoms with van der Waals surface area (Å²) in [6, 6.07) is 1.44. The van der Waals surface area contributed by atoms with Gasteiger partial charge in [0.25, 0.3) is 0 Å². The summed E-state index contributed by atoms with van der Waals surface area (Å²) in [4.78, 5) is 0. The number of hydrogen-bond acceptors (Lipinski definition) is 2. The van der Waals surface area contributed by atoms with Crippen LogP contribution in [0.2, 0.25) is 12.6 Å². The summed E-state index contributed by atoms with van der Waals surface area (Å²) in [6.07, 6.45) is 3.46. The Balaban J connectivity index is 3.73. The van der Waals surface area contributed by atoms with Gasteiger partial charge in [-0.2, -0.15) is 0 Å². The maximum atomic E-state index is 5.95. The predicted octanol–water partition coefficient (Wildman–Crippen LogP) is 3.01. The van der Waals surface area contributed by atoms with Crippen LogP contribution in [-0.2, 0) is 9.47 Å². The van der Waals surface area contributed by atoms with E-state index >= 15 is 0 Å². The monoisotopic (exact) mass is 246 g/mol. The zero-order valence-electron chi connectivity index (χ0n) is 12.1. The SMILES string of the molecule is COC(C)(C)CCOC(C)(C)CCC[SiH2]C. The Morgan fingerprint density at radius 2 is 1.62 bits per heavy atom. The number of ether oxygens (including phenoxy) is 2. The van der Waals surface area contributed by atoms with E-state index in [1.165, 1.54) is 18.9 Å². The Labute approximate surface area is 104 Å². The maximum absolute atomic E-state index is 5.95. The molecule has 0 radical (unpaired) electrons. The molecule has 0 amide bonds. The lowest BCUT2D eigenvalue weighted by Gasteiger charge is -2.28. The minimum atomic E-state index is -0.0631. The summed E-state index contributed by atoms with van der Waals surface area (Å²) < 4.78 is 11.3. The van der Waals surface area contributed by atoms with E-state index in [4.69, 9.17) is 9.47 Å². The Morgan fingerprint density at radius 1 is 1.00 bits per heavy atom. The van der Waals surface area contributed by atoms with Gasteiger partial charge in [0.15, 0.2) is 0 Å². The largest absolute Gasteiger partial charge is 0.379 e. The predicted molar refractivity (Wildman–Crippen MR) is 74.2 cm³/mol. The Kier molecular flexibility index (Phi) is 7.52. The van der Waals surface area contributed by atoms with E-state index in [1.807, 2.05) is 0 Å². The second-order valence-corrected chi connectivity index (χ2v) is 7.49. The van der Waals surface area contributed by atoms with Crippen LogP contribution in [0.25, 0.3) is 0 Å². The maximum Gasteiger partial charge on any atom is 0.0644 e. The molecule has 0 aliphatic carbocycles. The first-order valence-corrected chi connectivity index (χ1v) is 8.93. The fourth-order valence-corrected chi connectivity index (χ4v) is 2.30. The normalized spacial score (nSPS) is 13.9. The van der Waals surface area contributed by atoms with Crippen LogP contribution in [0, 0.1) is 0 Å². The molecule has 16 heavy (non-hydrogen) atoms. The topological polar surface area (TPSA) is 18.5 Å². The zero-order chi connectivity index (χ0) is 12.7. The molecule has 0 unspecified atom stereocenters. The van der Waals surface area contributed by atoms with E-state index in [1.54, 1.807) is 7.11 Å². The van der Waals surface area contributed by atoms with Gasteiger partial charge in [0.1, 0.15) is 0 Å². The van der Waals surface area contributed by atoms with Crippen LogP contribution in [0.3, 0.4) is 0 Å². The van der Waals surface area contributed by atoms with Crippen LogP contribution >= 0.6 is 0 Å². The second kappa shape index (κ2) is 7.46. The highest BCUT2D eigenvalue weighted by Gasteiger charge is 2.21. The van der Waals surface area contributed by atoms with Gasteiger partial charge in [-0.1, -0.05) is 19.0 Å². The van der Waals surface area contributed by atoms with Crippen molar-refractivity contribution in [3.63, 3.8) is 0 Å². The highest BCUT2D eigenvalue weighted by Crippen LogP contribution is 2.20. The van der Waals surface area contributed by atoms with Crippen LogP contribution in [0.15, 0.2) is 0 Å². The lowest BCUT2D eigenvalue weighted by Crippen LogP contribution is -2.30. The standard InChI is InChI=1S/C13H30O2Si/c1-12(2,14-5)9-10-15-13(3,4)8-7-11-16-6/h7-11,16H2,1-6H3. The molecule has 0 bridgehead atoms. The molecule has 2 nitrogen and oxygen atoms in total. The third kappa shape index (κ3) is 8.31. The molecule has 3 heteroatoms. The summed E-state index contributed by atoms with van der Waals surface area (Å²) in [5, 5.41) is 0. The molecule has 0 fully saturated rings. The van der Waals surface area contributed by atoms with E-state index in [2.05, 4.69) is 34.2 Å². The molecule has 0 aromatic carbocycles. The van der Waals surface area contributed by atoms with Gasteiger partial charge in [-0.25, -0.2) is 0 Å². The lowest BCUT2D eigenvalue weighted by atomic mass is 10.0. The van der Waals surface area contributed by atoms with Crippen LogP contribution < -0.4 is 0 Å². The van der Waals surface area contributed by atoms with E-state index in [0.29, 0.717) is 0 Å². The van der Waals surface area contributed by atoms with E-state index in [-0.39, 0.29) is 20.7 Å². The molecule has 0 rings (SSSR count). The molecule has 0 spiro atoms. The second-order valence-electron chi connectivity index (χ2n) is 5.78. The van der Waals surface area contributed by atoms with Gasteiger partial charge >= 0.3 is 0 Å². The summed E-state index contributed by atoms with van der Waals surface area (Å²) in [5.74, 6) is 0. The number of methoxy groups -OCH3 is 1. The Morgan fingerprint density at radius 3 is 2.12 bits per heavy atom. The summed E-state index contributed by atoms with van der Waals surface area (Å²) in [5.41, 5.74) is -0.0280. The van der Waals surface area contributed by atoms with Crippen molar-refractivity contribution in [1.29, 1.82) is 0 Å².